The highest BCUT2D eigenvalue weighted by Gasteiger charge is 2.32. The number of aryl methyl sites for hydroxylation is 1. The highest BCUT2D eigenvalue weighted by molar-refractivity contribution is 6.14. The number of urea groups is 1. The lowest BCUT2D eigenvalue weighted by Gasteiger charge is -2.11. The number of hydrogen-bond acceptors (Lipinski definition) is 4. The summed E-state index contributed by atoms with van der Waals surface area (Å²) in [6.45, 7) is 7.55. The van der Waals surface area contributed by atoms with Gasteiger partial charge in [0.2, 0.25) is 0 Å². The topological polar surface area (TPSA) is 80.6 Å². The number of hydrogen-bond donors (Lipinski definition) is 1. The minimum absolute atomic E-state index is 0.154. The number of amides is 3. The average Bonchev–Trinajstić information content (AvgIpc) is 3.11. The van der Waals surface area contributed by atoms with Crippen molar-refractivity contribution in [1.82, 2.24) is 14.8 Å². The van der Waals surface area contributed by atoms with Crippen LogP contribution in [-0.4, -0.2) is 41.0 Å². The first-order valence-electron chi connectivity index (χ1n) is 8.70. The molecule has 3 amide bonds. The molecule has 1 aromatic heterocycles. The van der Waals surface area contributed by atoms with Gasteiger partial charge in [0, 0.05) is 23.6 Å². The van der Waals surface area contributed by atoms with E-state index < -0.39 is 12.0 Å². The number of nitrogens with zero attached hydrogens (tertiary/aromatic N) is 2. The molecule has 2 heterocycles. The van der Waals surface area contributed by atoms with E-state index in [4.69, 9.17) is 4.74 Å². The molecule has 7 nitrogen and oxygen atoms in total. The van der Waals surface area contributed by atoms with Gasteiger partial charge < -0.3 is 14.6 Å². The van der Waals surface area contributed by atoms with Gasteiger partial charge in [0.1, 0.15) is 5.70 Å². The van der Waals surface area contributed by atoms with E-state index in [0.29, 0.717) is 5.56 Å². The number of aromatic nitrogens is 1. The lowest BCUT2D eigenvalue weighted by atomic mass is 10.2. The third kappa shape index (κ3) is 3.34. The Morgan fingerprint density at radius 2 is 2.00 bits per heavy atom. The normalized spacial score (nSPS) is 15.1. The lowest BCUT2D eigenvalue weighted by molar-refractivity contribution is -0.122. The Hall–Kier alpha value is -3.61. The molecule has 0 aliphatic carbocycles. The summed E-state index contributed by atoms with van der Waals surface area (Å²) in [5.41, 5.74) is 4.06. The van der Waals surface area contributed by atoms with Crippen LogP contribution in [0.4, 0.5) is 4.79 Å². The van der Waals surface area contributed by atoms with Gasteiger partial charge in [0.05, 0.1) is 12.7 Å². The van der Waals surface area contributed by atoms with Gasteiger partial charge in [0.25, 0.3) is 5.91 Å². The van der Waals surface area contributed by atoms with E-state index in [1.807, 2.05) is 30.5 Å². The fourth-order valence-corrected chi connectivity index (χ4v) is 3.24. The van der Waals surface area contributed by atoms with Crippen LogP contribution < -0.4 is 5.32 Å². The predicted molar refractivity (Wildman–Crippen MR) is 105 cm³/mol. The van der Waals surface area contributed by atoms with Crippen molar-refractivity contribution in [2.24, 2.45) is 0 Å². The third-order valence-corrected chi connectivity index (χ3v) is 4.57. The summed E-state index contributed by atoms with van der Waals surface area (Å²) in [4.78, 5) is 37.3. The zero-order valence-corrected chi connectivity index (χ0v) is 16.0. The zero-order chi connectivity index (χ0) is 20.4. The molecule has 1 fully saturated rings. The van der Waals surface area contributed by atoms with Crippen LogP contribution in [0.1, 0.15) is 27.3 Å². The van der Waals surface area contributed by atoms with E-state index in [1.165, 1.54) is 13.2 Å². The van der Waals surface area contributed by atoms with Crippen molar-refractivity contribution < 1.29 is 19.1 Å². The maximum Gasteiger partial charge on any atom is 0.337 e. The molecule has 0 unspecified atom stereocenters. The minimum Gasteiger partial charge on any atom is -0.465 e. The number of imide groups is 1. The van der Waals surface area contributed by atoms with Crippen molar-refractivity contribution in [3.8, 4) is 5.69 Å². The molecule has 1 aliphatic heterocycles. The van der Waals surface area contributed by atoms with Gasteiger partial charge in [-0.1, -0.05) is 12.1 Å². The molecule has 0 bridgehead atoms. The minimum atomic E-state index is -0.462. The second kappa shape index (κ2) is 7.56. The fraction of sp³-hybridized carbons (Fsp3) is 0.190. The molecular formula is C21H21N3O4. The molecule has 0 radical (unpaired) electrons. The SMILES string of the molecule is C=CCN1C(=O)N/C(=C/c2cc(C)n(-c3cccc(C(=O)OC)c3)c2C)C1=O. The quantitative estimate of drug-likeness (QED) is 0.375. The molecule has 7 heteroatoms. The summed E-state index contributed by atoms with van der Waals surface area (Å²) < 4.78 is 6.76. The molecule has 28 heavy (non-hydrogen) atoms. The maximum atomic E-state index is 12.4. The number of ether oxygens (including phenoxy) is 1. The molecule has 2 aromatic rings. The van der Waals surface area contributed by atoms with Crippen molar-refractivity contribution >= 4 is 24.0 Å². The van der Waals surface area contributed by atoms with Crippen LogP contribution in [0, 0.1) is 13.8 Å². The van der Waals surface area contributed by atoms with E-state index in [1.54, 1.807) is 24.3 Å². The molecule has 1 aliphatic rings. The summed E-state index contributed by atoms with van der Waals surface area (Å²) in [6.07, 6.45) is 3.16. The van der Waals surface area contributed by atoms with E-state index in [-0.39, 0.29) is 18.1 Å². The predicted octanol–water partition coefficient (Wildman–Crippen LogP) is 2.96. The number of benzene rings is 1. The monoisotopic (exact) mass is 379 g/mol. The van der Waals surface area contributed by atoms with Gasteiger partial charge in [-0.3, -0.25) is 9.69 Å². The number of methoxy groups -OCH3 is 1. The second-order valence-electron chi connectivity index (χ2n) is 6.40. The number of carbonyl (C=O) groups is 3. The average molecular weight is 379 g/mol. The number of esters is 1. The van der Waals surface area contributed by atoms with Gasteiger partial charge in [-0.15, -0.1) is 6.58 Å². The van der Waals surface area contributed by atoms with E-state index in [9.17, 15) is 14.4 Å². The first-order valence-corrected chi connectivity index (χ1v) is 8.70. The molecule has 3 rings (SSSR count). The number of rotatable bonds is 5. The van der Waals surface area contributed by atoms with Crippen molar-refractivity contribution in [3.05, 3.63) is 71.2 Å². The Kier molecular flexibility index (Phi) is 5.17. The van der Waals surface area contributed by atoms with Gasteiger partial charge >= 0.3 is 12.0 Å². The number of carbonyl (C=O) groups excluding carboxylic acids is 3. The molecule has 1 aromatic carbocycles. The van der Waals surface area contributed by atoms with E-state index in [2.05, 4.69) is 11.9 Å². The fourth-order valence-electron chi connectivity index (χ4n) is 3.24. The van der Waals surface area contributed by atoms with Crippen LogP contribution in [0.3, 0.4) is 0 Å². The van der Waals surface area contributed by atoms with Crippen LogP contribution in [0.15, 0.2) is 48.7 Å². The van der Waals surface area contributed by atoms with Crippen LogP contribution in [0.5, 0.6) is 0 Å². The Labute approximate surface area is 162 Å². The molecule has 0 atom stereocenters. The van der Waals surface area contributed by atoms with Crippen molar-refractivity contribution in [1.29, 1.82) is 0 Å². The van der Waals surface area contributed by atoms with Crippen LogP contribution in [-0.2, 0) is 9.53 Å². The lowest BCUT2D eigenvalue weighted by Crippen LogP contribution is -2.30. The van der Waals surface area contributed by atoms with Crippen LogP contribution >= 0.6 is 0 Å². The first-order chi connectivity index (χ1) is 13.4. The smallest absolute Gasteiger partial charge is 0.337 e. The highest BCUT2D eigenvalue weighted by atomic mass is 16.5. The first kappa shape index (κ1) is 19.2. The molecule has 144 valence electrons. The Morgan fingerprint density at radius 3 is 2.68 bits per heavy atom. The summed E-state index contributed by atoms with van der Waals surface area (Å²) in [5.74, 6) is -0.796. The third-order valence-electron chi connectivity index (χ3n) is 4.57. The molecular weight excluding hydrogens is 358 g/mol. The summed E-state index contributed by atoms with van der Waals surface area (Å²) in [5, 5.41) is 2.59. The van der Waals surface area contributed by atoms with E-state index in [0.717, 1.165) is 27.5 Å². The summed E-state index contributed by atoms with van der Waals surface area (Å²) in [7, 11) is 1.34. The van der Waals surface area contributed by atoms with Gasteiger partial charge in [0.15, 0.2) is 0 Å². The van der Waals surface area contributed by atoms with Crippen LogP contribution in [0.25, 0.3) is 11.8 Å². The Morgan fingerprint density at radius 1 is 1.25 bits per heavy atom. The van der Waals surface area contributed by atoms with Gasteiger partial charge in [-0.05, 0) is 49.8 Å². The van der Waals surface area contributed by atoms with Crippen LogP contribution in [0.2, 0.25) is 0 Å². The second-order valence-corrected chi connectivity index (χ2v) is 6.40. The van der Waals surface area contributed by atoms with Crippen molar-refractivity contribution in [3.63, 3.8) is 0 Å². The maximum absolute atomic E-state index is 12.4. The summed E-state index contributed by atoms with van der Waals surface area (Å²) in [6, 6.07) is 8.56. The van der Waals surface area contributed by atoms with Gasteiger partial charge in [-0.25, -0.2) is 9.59 Å². The molecule has 1 saturated heterocycles. The van der Waals surface area contributed by atoms with Gasteiger partial charge in [-0.2, -0.15) is 0 Å². The Bertz CT molecular complexity index is 1020. The summed E-state index contributed by atoms with van der Waals surface area (Å²) >= 11 is 0. The zero-order valence-electron chi connectivity index (χ0n) is 16.0. The standard InChI is InChI=1S/C21H21N3O4/c1-5-9-23-19(25)18(22-21(23)27)12-16-10-13(2)24(14(16)3)17-8-6-7-15(11-17)20(26)28-4/h5-8,10-12H,1,9H2,2-4H3,(H,22,27)/b18-12+. The molecule has 0 saturated carbocycles. The molecule has 1 N–H and O–H groups in total. The molecule has 0 spiro atoms. The highest BCUT2D eigenvalue weighted by Crippen LogP contribution is 2.24. The number of nitrogens with one attached hydrogen (secondary N) is 1. The Balaban J connectivity index is 2.00. The largest absolute Gasteiger partial charge is 0.465 e. The van der Waals surface area contributed by atoms with Crippen molar-refractivity contribution in [2.75, 3.05) is 13.7 Å². The van der Waals surface area contributed by atoms with E-state index >= 15 is 0 Å². The van der Waals surface area contributed by atoms with Crippen molar-refractivity contribution in [2.45, 2.75) is 13.8 Å².